The Morgan fingerprint density at radius 3 is 2.17 bits per heavy atom. The van der Waals surface area contributed by atoms with Gasteiger partial charge >= 0.3 is 0 Å². The minimum Gasteiger partial charge on any atom is -0.363 e. The van der Waals surface area contributed by atoms with Crippen LogP contribution in [0.1, 0.15) is 27.2 Å². The number of primary amides is 1. The number of rotatable bonds is 3. The van der Waals surface area contributed by atoms with Crippen molar-refractivity contribution in [1.29, 1.82) is 0 Å². The van der Waals surface area contributed by atoms with E-state index < -0.39 is 5.91 Å². The first kappa shape index (κ1) is 15.0. The summed E-state index contributed by atoms with van der Waals surface area (Å²) in [7, 11) is 0. The molecule has 0 atom stereocenters. The number of aryl methyl sites for hydroxylation is 3. The molecule has 0 unspecified atom stereocenters. The summed E-state index contributed by atoms with van der Waals surface area (Å²) in [5.74, 6) is -0.532. The van der Waals surface area contributed by atoms with Crippen molar-refractivity contribution in [3.8, 4) is 22.4 Å². The summed E-state index contributed by atoms with van der Waals surface area (Å²) in [6.07, 6.45) is 0. The summed E-state index contributed by atoms with van der Waals surface area (Å²) in [6, 6.07) is 13.8. The first-order valence-electron chi connectivity index (χ1n) is 7.42. The molecule has 4 nitrogen and oxygen atoms in total. The number of hydrogen-bond donors (Lipinski definition) is 1. The molecule has 1 amide bonds. The van der Waals surface area contributed by atoms with E-state index in [9.17, 15) is 4.79 Å². The summed E-state index contributed by atoms with van der Waals surface area (Å²) in [5, 5.41) is 4.16. The number of benzene rings is 2. The normalized spacial score (nSPS) is 10.7. The zero-order chi connectivity index (χ0) is 16.6. The SMILES string of the molecule is Cc1cc(C)c(-c2noc(C(N)=O)c2-c2ccccc2)c(C)c1. The monoisotopic (exact) mass is 306 g/mol. The van der Waals surface area contributed by atoms with Crippen LogP contribution in [0.3, 0.4) is 0 Å². The van der Waals surface area contributed by atoms with Crippen molar-refractivity contribution in [1.82, 2.24) is 5.16 Å². The second-order valence-corrected chi connectivity index (χ2v) is 5.74. The molecule has 0 aliphatic carbocycles. The highest BCUT2D eigenvalue weighted by molar-refractivity contribution is 6.01. The summed E-state index contributed by atoms with van der Waals surface area (Å²) >= 11 is 0. The maximum absolute atomic E-state index is 11.8. The first-order valence-corrected chi connectivity index (χ1v) is 7.42. The van der Waals surface area contributed by atoms with Crippen LogP contribution in [0.25, 0.3) is 22.4 Å². The molecule has 0 aliphatic rings. The van der Waals surface area contributed by atoms with Crippen molar-refractivity contribution >= 4 is 5.91 Å². The Morgan fingerprint density at radius 1 is 1.00 bits per heavy atom. The fraction of sp³-hybridized carbons (Fsp3) is 0.158. The molecule has 116 valence electrons. The Balaban J connectivity index is 2.32. The Morgan fingerprint density at radius 2 is 1.61 bits per heavy atom. The largest absolute Gasteiger partial charge is 0.363 e. The van der Waals surface area contributed by atoms with Gasteiger partial charge < -0.3 is 10.3 Å². The van der Waals surface area contributed by atoms with E-state index in [0.717, 1.165) is 22.3 Å². The van der Waals surface area contributed by atoms with Crippen LogP contribution >= 0.6 is 0 Å². The molecule has 0 fully saturated rings. The van der Waals surface area contributed by atoms with Crippen molar-refractivity contribution in [3.63, 3.8) is 0 Å². The zero-order valence-electron chi connectivity index (χ0n) is 13.4. The lowest BCUT2D eigenvalue weighted by Crippen LogP contribution is -2.11. The van der Waals surface area contributed by atoms with Gasteiger partial charge in [0.2, 0.25) is 5.76 Å². The quantitative estimate of drug-likeness (QED) is 0.794. The number of aromatic nitrogens is 1. The smallest absolute Gasteiger partial charge is 0.288 e. The standard InChI is InChI=1S/C19H18N2O2/c1-11-9-12(2)15(13(3)10-11)17-16(14-7-5-4-6-8-14)18(19(20)22)23-21-17/h4-10H,1-3H3,(H2,20,22). The van der Waals surface area contributed by atoms with E-state index in [0.29, 0.717) is 11.3 Å². The minimum absolute atomic E-state index is 0.0885. The van der Waals surface area contributed by atoms with Gasteiger partial charge in [-0.15, -0.1) is 0 Å². The summed E-state index contributed by atoms with van der Waals surface area (Å²) in [5.41, 5.74) is 12.0. The molecule has 0 spiro atoms. The van der Waals surface area contributed by atoms with E-state index in [4.69, 9.17) is 10.3 Å². The van der Waals surface area contributed by atoms with Crippen molar-refractivity contribution in [2.75, 3.05) is 0 Å². The lowest BCUT2D eigenvalue weighted by molar-refractivity contribution is 0.0966. The highest BCUT2D eigenvalue weighted by Crippen LogP contribution is 2.37. The van der Waals surface area contributed by atoms with Gasteiger partial charge in [0.15, 0.2) is 0 Å². The lowest BCUT2D eigenvalue weighted by Gasteiger charge is -2.11. The number of nitrogens with two attached hydrogens (primary N) is 1. The lowest BCUT2D eigenvalue weighted by atomic mass is 9.92. The van der Waals surface area contributed by atoms with Crippen molar-refractivity contribution < 1.29 is 9.32 Å². The van der Waals surface area contributed by atoms with Gasteiger partial charge in [-0.3, -0.25) is 4.79 Å². The van der Waals surface area contributed by atoms with Gasteiger partial charge in [-0.1, -0.05) is 53.2 Å². The molecule has 2 aromatic carbocycles. The van der Waals surface area contributed by atoms with Crippen LogP contribution in [-0.2, 0) is 0 Å². The molecule has 1 aromatic heterocycles. The van der Waals surface area contributed by atoms with E-state index in [1.54, 1.807) is 0 Å². The van der Waals surface area contributed by atoms with Gasteiger partial charge in [0.1, 0.15) is 5.69 Å². The van der Waals surface area contributed by atoms with E-state index in [-0.39, 0.29) is 5.76 Å². The summed E-state index contributed by atoms with van der Waals surface area (Å²) < 4.78 is 5.28. The Hall–Kier alpha value is -2.88. The zero-order valence-corrected chi connectivity index (χ0v) is 13.4. The minimum atomic E-state index is -0.620. The summed E-state index contributed by atoms with van der Waals surface area (Å²) in [4.78, 5) is 11.8. The highest BCUT2D eigenvalue weighted by Gasteiger charge is 2.24. The Labute approximate surface area is 134 Å². The van der Waals surface area contributed by atoms with Crippen molar-refractivity contribution in [3.05, 3.63) is 64.9 Å². The van der Waals surface area contributed by atoms with Gasteiger partial charge in [0, 0.05) is 5.56 Å². The summed E-state index contributed by atoms with van der Waals surface area (Å²) in [6.45, 7) is 6.12. The maximum atomic E-state index is 11.8. The fourth-order valence-corrected chi connectivity index (χ4v) is 3.06. The van der Waals surface area contributed by atoms with Crippen molar-refractivity contribution in [2.24, 2.45) is 5.73 Å². The van der Waals surface area contributed by atoms with Gasteiger partial charge in [-0.2, -0.15) is 0 Å². The second-order valence-electron chi connectivity index (χ2n) is 5.74. The fourth-order valence-electron chi connectivity index (χ4n) is 3.06. The molecule has 0 bridgehead atoms. The van der Waals surface area contributed by atoms with E-state index >= 15 is 0 Å². The van der Waals surface area contributed by atoms with E-state index in [1.165, 1.54) is 5.56 Å². The number of nitrogens with zero attached hydrogens (tertiary/aromatic N) is 1. The molecular formula is C19H18N2O2. The maximum Gasteiger partial charge on any atom is 0.288 e. The van der Waals surface area contributed by atoms with Gasteiger partial charge in [0.25, 0.3) is 5.91 Å². The molecule has 2 N–H and O–H groups in total. The average Bonchev–Trinajstić information content (AvgIpc) is 2.92. The molecule has 4 heteroatoms. The predicted molar refractivity (Wildman–Crippen MR) is 90.1 cm³/mol. The molecule has 1 heterocycles. The van der Waals surface area contributed by atoms with Crippen LogP contribution in [0.5, 0.6) is 0 Å². The van der Waals surface area contributed by atoms with Crippen LogP contribution in [-0.4, -0.2) is 11.1 Å². The first-order chi connectivity index (χ1) is 11.0. The Bertz CT molecular complexity index is 857. The van der Waals surface area contributed by atoms with Crippen molar-refractivity contribution in [2.45, 2.75) is 20.8 Å². The molecule has 0 saturated heterocycles. The molecule has 0 saturated carbocycles. The van der Waals surface area contributed by atoms with Gasteiger partial charge in [-0.25, -0.2) is 0 Å². The molecule has 3 rings (SSSR count). The van der Waals surface area contributed by atoms with Crippen LogP contribution in [0.15, 0.2) is 47.0 Å². The number of hydrogen-bond acceptors (Lipinski definition) is 3. The Kier molecular flexibility index (Phi) is 3.74. The molecule has 0 radical (unpaired) electrons. The number of amides is 1. The highest BCUT2D eigenvalue weighted by atomic mass is 16.5. The number of carbonyl (C=O) groups excluding carboxylic acids is 1. The topological polar surface area (TPSA) is 69.1 Å². The third kappa shape index (κ3) is 2.63. The van der Waals surface area contributed by atoms with E-state index in [2.05, 4.69) is 24.2 Å². The molecule has 3 aromatic rings. The van der Waals surface area contributed by atoms with Gasteiger partial charge in [0.05, 0.1) is 5.56 Å². The molecular weight excluding hydrogens is 288 g/mol. The molecule has 23 heavy (non-hydrogen) atoms. The van der Waals surface area contributed by atoms with E-state index in [1.807, 2.05) is 44.2 Å². The van der Waals surface area contributed by atoms with Gasteiger partial charge in [-0.05, 0) is 37.5 Å². The van der Waals surface area contributed by atoms with Crippen LogP contribution in [0, 0.1) is 20.8 Å². The second kappa shape index (κ2) is 5.72. The number of carbonyl (C=O) groups is 1. The predicted octanol–water partition coefficient (Wildman–Crippen LogP) is 4.03. The van der Waals surface area contributed by atoms with Crippen LogP contribution < -0.4 is 5.73 Å². The molecule has 0 aliphatic heterocycles. The third-order valence-electron chi connectivity index (χ3n) is 3.89. The average molecular weight is 306 g/mol. The van der Waals surface area contributed by atoms with Crippen LogP contribution in [0.4, 0.5) is 0 Å². The third-order valence-corrected chi connectivity index (χ3v) is 3.89. The van der Waals surface area contributed by atoms with Crippen LogP contribution in [0.2, 0.25) is 0 Å².